The lowest BCUT2D eigenvalue weighted by Crippen LogP contribution is -2.40. The van der Waals surface area contributed by atoms with Crippen LogP contribution in [0, 0.1) is 0 Å². The van der Waals surface area contributed by atoms with E-state index in [0.29, 0.717) is 11.0 Å². The number of halogens is 1. The normalized spacial score (nSPS) is 19.2. The van der Waals surface area contributed by atoms with Crippen LogP contribution < -0.4 is 10.6 Å². The molecule has 1 heterocycles. The standard InChI is InChI=1S/C12H14ClN3O/c1-7(2)14-12-15-10(11(17)16-12)8-5-3-4-6-9(8)13/h3-7,10H,1-2H3,(H2,14,15,16,17). The lowest BCUT2D eigenvalue weighted by atomic mass is 10.1. The van der Waals surface area contributed by atoms with E-state index >= 15 is 0 Å². The molecular weight excluding hydrogens is 238 g/mol. The van der Waals surface area contributed by atoms with Crippen LogP contribution >= 0.6 is 11.6 Å². The molecule has 1 amide bonds. The van der Waals surface area contributed by atoms with Crippen molar-refractivity contribution in [3.63, 3.8) is 0 Å². The molecule has 1 aromatic rings. The Morgan fingerprint density at radius 1 is 1.41 bits per heavy atom. The average molecular weight is 252 g/mol. The van der Waals surface area contributed by atoms with Gasteiger partial charge in [0.05, 0.1) is 0 Å². The molecule has 5 heteroatoms. The van der Waals surface area contributed by atoms with E-state index < -0.39 is 6.04 Å². The van der Waals surface area contributed by atoms with Crippen LogP contribution in [-0.4, -0.2) is 17.9 Å². The summed E-state index contributed by atoms with van der Waals surface area (Å²) in [7, 11) is 0. The van der Waals surface area contributed by atoms with Gasteiger partial charge in [0.2, 0.25) is 0 Å². The van der Waals surface area contributed by atoms with Crippen LogP contribution in [0.2, 0.25) is 5.02 Å². The maximum atomic E-state index is 11.8. The zero-order valence-electron chi connectivity index (χ0n) is 9.70. The second-order valence-electron chi connectivity index (χ2n) is 4.19. The van der Waals surface area contributed by atoms with Gasteiger partial charge < -0.3 is 5.32 Å². The van der Waals surface area contributed by atoms with E-state index in [1.54, 1.807) is 6.07 Å². The van der Waals surface area contributed by atoms with Gasteiger partial charge in [0, 0.05) is 16.6 Å². The number of nitrogens with one attached hydrogen (secondary N) is 2. The Kier molecular flexibility index (Phi) is 3.33. The molecule has 1 aliphatic rings. The number of carbonyl (C=O) groups excluding carboxylic acids is 1. The highest BCUT2D eigenvalue weighted by Crippen LogP contribution is 2.27. The molecule has 0 spiro atoms. The molecular formula is C12H14ClN3O. The van der Waals surface area contributed by atoms with E-state index in [9.17, 15) is 4.79 Å². The number of carbonyl (C=O) groups is 1. The Balaban J connectivity index is 2.25. The molecule has 0 radical (unpaired) electrons. The predicted molar refractivity (Wildman–Crippen MR) is 68.0 cm³/mol. The van der Waals surface area contributed by atoms with E-state index in [0.717, 1.165) is 5.56 Å². The SMILES string of the molecule is CC(C)NC1=NC(c2ccccc2Cl)C(=O)N1. The third-order valence-electron chi connectivity index (χ3n) is 2.37. The molecule has 17 heavy (non-hydrogen) atoms. The van der Waals surface area contributed by atoms with Crippen molar-refractivity contribution in [2.75, 3.05) is 0 Å². The van der Waals surface area contributed by atoms with E-state index in [-0.39, 0.29) is 11.9 Å². The van der Waals surface area contributed by atoms with Crippen LogP contribution in [0.5, 0.6) is 0 Å². The highest BCUT2D eigenvalue weighted by molar-refractivity contribution is 6.31. The van der Waals surface area contributed by atoms with E-state index in [1.807, 2.05) is 32.0 Å². The summed E-state index contributed by atoms with van der Waals surface area (Å²) in [5, 5.41) is 6.33. The molecule has 0 aromatic heterocycles. The fraction of sp³-hybridized carbons (Fsp3) is 0.333. The second-order valence-corrected chi connectivity index (χ2v) is 4.60. The average Bonchev–Trinajstić information content (AvgIpc) is 2.59. The lowest BCUT2D eigenvalue weighted by Gasteiger charge is -2.07. The summed E-state index contributed by atoms with van der Waals surface area (Å²) in [6.45, 7) is 3.97. The van der Waals surface area contributed by atoms with Gasteiger partial charge in [0.1, 0.15) is 0 Å². The Bertz CT molecular complexity index is 471. The first-order valence-corrected chi connectivity index (χ1v) is 5.85. The van der Waals surface area contributed by atoms with Crippen molar-refractivity contribution in [1.29, 1.82) is 0 Å². The molecule has 1 aromatic carbocycles. The zero-order valence-corrected chi connectivity index (χ0v) is 10.5. The smallest absolute Gasteiger partial charge is 0.256 e. The Labute approximate surface area is 105 Å². The summed E-state index contributed by atoms with van der Waals surface area (Å²) in [4.78, 5) is 16.1. The van der Waals surface area contributed by atoms with Crippen LogP contribution in [-0.2, 0) is 4.79 Å². The third kappa shape index (κ3) is 2.58. The molecule has 4 nitrogen and oxygen atoms in total. The molecule has 0 aliphatic carbocycles. The number of nitrogens with zero attached hydrogens (tertiary/aromatic N) is 1. The fourth-order valence-electron chi connectivity index (χ4n) is 1.66. The third-order valence-corrected chi connectivity index (χ3v) is 2.72. The van der Waals surface area contributed by atoms with Gasteiger partial charge in [-0.15, -0.1) is 0 Å². The van der Waals surface area contributed by atoms with Crippen molar-refractivity contribution >= 4 is 23.5 Å². The summed E-state index contributed by atoms with van der Waals surface area (Å²) in [6.07, 6.45) is 0. The molecule has 0 saturated carbocycles. The highest BCUT2D eigenvalue weighted by atomic mass is 35.5. The largest absolute Gasteiger partial charge is 0.354 e. The fourth-order valence-corrected chi connectivity index (χ4v) is 1.90. The van der Waals surface area contributed by atoms with Crippen molar-refractivity contribution in [3.05, 3.63) is 34.9 Å². The van der Waals surface area contributed by atoms with Gasteiger partial charge in [-0.2, -0.15) is 0 Å². The first-order chi connectivity index (χ1) is 8.08. The van der Waals surface area contributed by atoms with E-state index in [1.165, 1.54) is 0 Å². The van der Waals surface area contributed by atoms with Gasteiger partial charge in [0.25, 0.3) is 5.91 Å². The first kappa shape index (κ1) is 11.9. The van der Waals surface area contributed by atoms with Gasteiger partial charge >= 0.3 is 0 Å². The first-order valence-electron chi connectivity index (χ1n) is 5.47. The number of guanidine groups is 1. The Morgan fingerprint density at radius 3 is 2.76 bits per heavy atom. The van der Waals surface area contributed by atoms with Crippen molar-refractivity contribution < 1.29 is 4.79 Å². The molecule has 1 aliphatic heterocycles. The summed E-state index contributed by atoms with van der Waals surface area (Å²) >= 11 is 6.05. The number of hydrogen-bond donors (Lipinski definition) is 2. The molecule has 2 N–H and O–H groups in total. The number of amides is 1. The second kappa shape index (κ2) is 4.75. The van der Waals surface area contributed by atoms with Crippen molar-refractivity contribution in [2.45, 2.75) is 25.9 Å². The van der Waals surface area contributed by atoms with Crippen molar-refractivity contribution in [3.8, 4) is 0 Å². The van der Waals surface area contributed by atoms with Crippen LogP contribution in [0.4, 0.5) is 0 Å². The minimum absolute atomic E-state index is 0.152. The number of benzene rings is 1. The maximum Gasteiger partial charge on any atom is 0.256 e. The van der Waals surface area contributed by atoms with Gasteiger partial charge in [-0.25, -0.2) is 4.99 Å². The molecule has 1 unspecified atom stereocenters. The van der Waals surface area contributed by atoms with E-state index in [2.05, 4.69) is 15.6 Å². The van der Waals surface area contributed by atoms with Gasteiger partial charge in [-0.3, -0.25) is 10.1 Å². The Morgan fingerprint density at radius 2 is 2.12 bits per heavy atom. The zero-order chi connectivity index (χ0) is 12.4. The Hall–Kier alpha value is -1.55. The van der Waals surface area contributed by atoms with E-state index in [4.69, 9.17) is 11.6 Å². The van der Waals surface area contributed by atoms with Crippen LogP contribution in [0.1, 0.15) is 25.5 Å². The van der Waals surface area contributed by atoms with Crippen LogP contribution in [0.25, 0.3) is 0 Å². The van der Waals surface area contributed by atoms with Crippen LogP contribution in [0.15, 0.2) is 29.3 Å². The molecule has 0 saturated heterocycles. The minimum atomic E-state index is -0.551. The summed E-state index contributed by atoms with van der Waals surface area (Å²) in [6, 6.07) is 6.92. The molecule has 0 fully saturated rings. The summed E-state index contributed by atoms with van der Waals surface area (Å²) in [5.41, 5.74) is 0.729. The van der Waals surface area contributed by atoms with Crippen molar-refractivity contribution in [2.24, 2.45) is 4.99 Å². The quantitative estimate of drug-likeness (QED) is 0.843. The van der Waals surface area contributed by atoms with Gasteiger partial charge in [0.15, 0.2) is 12.0 Å². The summed E-state index contributed by atoms with van der Waals surface area (Å²) in [5.74, 6) is 0.358. The van der Waals surface area contributed by atoms with Crippen molar-refractivity contribution in [1.82, 2.24) is 10.6 Å². The molecule has 1 atom stereocenters. The number of aliphatic imine (C=N–C) groups is 1. The van der Waals surface area contributed by atoms with Crippen LogP contribution in [0.3, 0.4) is 0 Å². The molecule has 2 rings (SSSR count). The highest BCUT2D eigenvalue weighted by Gasteiger charge is 2.29. The topological polar surface area (TPSA) is 53.5 Å². The lowest BCUT2D eigenvalue weighted by molar-refractivity contribution is -0.120. The minimum Gasteiger partial charge on any atom is -0.354 e. The molecule has 0 bridgehead atoms. The number of rotatable bonds is 2. The van der Waals surface area contributed by atoms with Gasteiger partial charge in [-0.05, 0) is 19.9 Å². The predicted octanol–water partition coefficient (Wildman–Crippen LogP) is 1.86. The van der Waals surface area contributed by atoms with Gasteiger partial charge in [-0.1, -0.05) is 29.8 Å². The maximum absolute atomic E-state index is 11.8. The monoisotopic (exact) mass is 251 g/mol. The molecule has 90 valence electrons. The number of hydrogen-bond acceptors (Lipinski definition) is 3. The summed E-state index contributed by atoms with van der Waals surface area (Å²) < 4.78 is 0.